The smallest absolute Gasteiger partial charge is 0.326 e. The highest BCUT2D eigenvalue weighted by Gasteiger charge is 2.20. The third-order valence-electron chi connectivity index (χ3n) is 3.10. The van der Waals surface area contributed by atoms with Gasteiger partial charge in [-0.15, -0.1) is 0 Å². The van der Waals surface area contributed by atoms with Crippen LogP contribution in [-0.2, 0) is 11.8 Å². The number of fused-ring (bicyclic) bond motifs is 1. The zero-order chi connectivity index (χ0) is 14.0. The SMILES string of the molecule is CC(C)C[C@H](Nc1nc2ccccc2n1C)C(=O)O. The second-order valence-electron chi connectivity index (χ2n) is 5.15. The van der Waals surface area contributed by atoms with E-state index in [2.05, 4.69) is 10.3 Å². The summed E-state index contributed by atoms with van der Waals surface area (Å²) in [6, 6.07) is 7.12. The van der Waals surface area contributed by atoms with E-state index in [0.717, 1.165) is 11.0 Å². The number of benzene rings is 1. The first-order valence-electron chi connectivity index (χ1n) is 6.40. The highest BCUT2D eigenvalue weighted by atomic mass is 16.4. The number of aromatic nitrogens is 2. The monoisotopic (exact) mass is 261 g/mol. The van der Waals surface area contributed by atoms with Gasteiger partial charge in [-0.1, -0.05) is 26.0 Å². The van der Waals surface area contributed by atoms with Crippen LogP contribution in [0.5, 0.6) is 0 Å². The molecule has 5 nitrogen and oxygen atoms in total. The lowest BCUT2D eigenvalue weighted by Crippen LogP contribution is -2.31. The van der Waals surface area contributed by atoms with Gasteiger partial charge in [0.05, 0.1) is 11.0 Å². The minimum absolute atomic E-state index is 0.309. The fourth-order valence-electron chi connectivity index (χ4n) is 2.12. The Labute approximate surface area is 112 Å². The van der Waals surface area contributed by atoms with Crippen molar-refractivity contribution in [1.29, 1.82) is 0 Å². The molecule has 2 aromatic rings. The topological polar surface area (TPSA) is 67.2 Å². The minimum atomic E-state index is -0.847. The van der Waals surface area contributed by atoms with Crippen molar-refractivity contribution >= 4 is 23.0 Å². The first kappa shape index (κ1) is 13.4. The standard InChI is InChI=1S/C14H19N3O2/c1-9(2)8-11(13(18)19)16-14-15-10-6-4-5-7-12(10)17(14)3/h4-7,9,11H,8H2,1-3H3,(H,15,16)(H,18,19)/t11-/m0/s1. The summed E-state index contributed by atoms with van der Waals surface area (Å²) in [4.78, 5) is 15.7. The molecule has 0 aliphatic carbocycles. The zero-order valence-corrected chi connectivity index (χ0v) is 11.4. The molecule has 1 atom stereocenters. The van der Waals surface area contributed by atoms with Gasteiger partial charge in [0.1, 0.15) is 6.04 Å². The molecular formula is C14H19N3O2. The molecule has 0 radical (unpaired) electrons. The van der Waals surface area contributed by atoms with Gasteiger partial charge in [-0.3, -0.25) is 0 Å². The van der Waals surface area contributed by atoms with E-state index in [9.17, 15) is 9.90 Å². The summed E-state index contributed by atoms with van der Waals surface area (Å²) < 4.78 is 1.88. The second-order valence-corrected chi connectivity index (χ2v) is 5.15. The van der Waals surface area contributed by atoms with Crippen LogP contribution in [0, 0.1) is 5.92 Å². The van der Waals surface area contributed by atoms with E-state index >= 15 is 0 Å². The molecule has 0 amide bonds. The summed E-state index contributed by atoms with van der Waals surface area (Å²) in [6.45, 7) is 4.01. The number of carbonyl (C=O) groups is 1. The lowest BCUT2D eigenvalue weighted by Gasteiger charge is -2.16. The van der Waals surface area contributed by atoms with Crippen molar-refractivity contribution in [2.24, 2.45) is 13.0 Å². The molecule has 0 saturated carbocycles. The van der Waals surface area contributed by atoms with E-state index in [4.69, 9.17) is 0 Å². The lowest BCUT2D eigenvalue weighted by atomic mass is 10.0. The van der Waals surface area contributed by atoms with Gasteiger partial charge < -0.3 is 15.0 Å². The minimum Gasteiger partial charge on any atom is -0.480 e. The number of imidazole rings is 1. The molecule has 0 aliphatic rings. The summed E-state index contributed by atoms with van der Waals surface area (Å²) in [5, 5.41) is 12.3. The Bertz CT molecular complexity index is 589. The fourth-order valence-corrected chi connectivity index (χ4v) is 2.12. The van der Waals surface area contributed by atoms with Gasteiger partial charge >= 0.3 is 5.97 Å². The number of carboxylic acids is 1. The van der Waals surface area contributed by atoms with Crippen molar-refractivity contribution in [2.75, 3.05) is 5.32 Å². The number of hydrogen-bond acceptors (Lipinski definition) is 3. The second kappa shape index (κ2) is 5.30. The number of anilines is 1. The van der Waals surface area contributed by atoms with E-state index in [-0.39, 0.29) is 0 Å². The Morgan fingerprint density at radius 2 is 2.11 bits per heavy atom. The van der Waals surface area contributed by atoms with Crippen molar-refractivity contribution in [3.05, 3.63) is 24.3 Å². The Hall–Kier alpha value is -2.04. The van der Waals surface area contributed by atoms with Gasteiger partial charge in [0.15, 0.2) is 0 Å². The third-order valence-corrected chi connectivity index (χ3v) is 3.10. The first-order chi connectivity index (χ1) is 8.99. The van der Waals surface area contributed by atoms with Gasteiger partial charge in [0.25, 0.3) is 0 Å². The van der Waals surface area contributed by atoms with E-state index < -0.39 is 12.0 Å². The van der Waals surface area contributed by atoms with E-state index in [1.54, 1.807) is 0 Å². The molecule has 0 unspecified atom stereocenters. The van der Waals surface area contributed by atoms with E-state index in [1.165, 1.54) is 0 Å². The van der Waals surface area contributed by atoms with Crippen LogP contribution >= 0.6 is 0 Å². The van der Waals surface area contributed by atoms with Gasteiger partial charge in [-0.2, -0.15) is 0 Å². The quantitative estimate of drug-likeness (QED) is 0.867. The Balaban J connectivity index is 2.28. The molecule has 19 heavy (non-hydrogen) atoms. The van der Waals surface area contributed by atoms with E-state index in [0.29, 0.717) is 18.3 Å². The summed E-state index contributed by atoms with van der Waals surface area (Å²) in [5.41, 5.74) is 1.85. The van der Waals surface area contributed by atoms with Crippen molar-refractivity contribution in [1.82, 2.24) is 9.55 Å². The van der Waals surface area contributed by atoms with Crippen LogP contribution in [0.2, 0.25) is 0 Å². The largest absolute Gasteiger partial charge is 0.480 e. The van der Waals surface area contributed by atoms with Crippen LogP contribution in [0.1, 0.15) is 20.3 Å². The molecule has 0 fully saturated rings. The number of aliphatic carboxylic acids is 1. The van der Waals surface area contributed by atoms with Crippen molar-refractivity contribution in [3.8, 4) is 0 Å². The van der Waals surface area contributed by atoms with Crippen LogP contribution < -0.4 is 5.32 Å². The number of nitrogens with zero attached hydrogens (tertiary/aromatic N) is 2. The Morgan fingerprint density at radius 3 is 2.68 bits per heavy atom. The van der Waals surface area contributed by atoms with Crippen molar-refractivity contribution < 1.29 is 9.90 Å². The number of hydrogen-bond donors (Lipinski definition) is 2. The molecular weight excluding hydrogens is 242 g/mol. The van der Waals surface area contributed by atoms with E-state index in [1.807, 2.05) is 49.7 Å². The summed E-state index contributed by atoms with van der Waals surface area (Å²) in [7, 11) is 1.88. The zero-order valence-electron chi connectivity index (χ0n) is 11.4. The van der Waals surface area contributed by atoms with Gasteiger partial charge in [-0.05, 0) is 24.5 Å². The average molecular weight is 261 g/mol. The number of nitrogens with one attached hydrogen (secondary N) is 1. The molecule has 1 aromatic carbocycles. The summed E-state index contributed by atoms with van der Waals surface area (Å²) >= 11 is 0. The lowest BCUT2D eigenvalue weighted by molar-refractivity contribution is -0.138. The Morgan fingerprint density at radius 1 is 1.42 bits per heavy atom. The van der Waals surface area contributed by atoms with Crippen molar-refractivity contribution in [2.45, 2.75) is 26.3 Å². The highest BCUT2D eigenvalue weighted by molar-refractivity contribution is 5.81. The number of carboxylic acid groups (broad SMARTS) is 1. The molecule has 1 heterocycles. The number of rotatable bonds is 5. The molecule has 0 spiro atoms. The molecule has 2 rings (SSSR count). The maximum Gasteiger partial charge on any atom is 0.326 e. The van der Waals surface area contributed by atoms with Crippen LogP contribution in [0.3, 0.4) is 0 Å². The number of aryl methyl sites for hydroxylation is 1. The molecule has 0 bridgehead atoms. The third kappa shape index (κ3) is 2.86. The van der Waals surface area contributed by atoms with Gasteiger partial charge in [0, 0.05) is 7.05 Å². The van der Waals surface area contributed by atoms with Gasteiger partial charge in [-0.25, -0.2) is 9.78 Å². The van der Waals surface area contributed by atoms with Crippen LogP contribution in [0.25, 0.3) is 11.0 Å². The predicted molar refractivity (Wildman–Crippen MR) is 75.2 cm³/mol. The molecule has 5 heteroatoms. The molecule has 1 aromatic heterocycles. The molecule has 102 valence electrons. The number of para-hydroxylation sites is 2. The van der Waals surface area contributed by atoms with Crippen LogP contribution in [0.15, 0.2) is 24.3 Å². The fraction of sp³-hybridized carbons (Fsp3) is 0.429. The molecule has 0 saturated heterocycles. The predicted octanol–water partition coefficient (Wildman–Crippen LogP) is 2.48. The normalized spacial score (nSPS) is 12.8. The maximum atomic E-state index is 11.3. The highest BCUT2D eigenvalue weighted by Crippen LogP contribution is 2.19. The van der Waals surface area contributed by atoms with Gasteiger partial charge in [0.2, 0.25) is 5.95 Å². The maximum absolute atomic E-state index is 11.3. The van der Waals surface area contributed by atoms with Crippen molar-refractivity contribution in [3.63, 3.8) is 0 Å². The first-order valence-corrected chi connectivity index (χ1v) is 6.40. The summed E-state index contributed by atoms with van der Waals surface area (Å²) in [6.07, 6.45) is 0.568. The average Bonchev–Trinajstić information content (AvgIpc) is 2.65. The summed E-state index contributed by atoms with van der Waals surface area (Å²) in [5.74, 6) is 0.0540. The van der Waals surface area contributed by atoms with Crippen LogP contribution in [-0.4, -0.2) is 26.7 Å². The molecule has 0 aliphatic heterocycles. The molecule has 2 N–H and O–H groups in total. The van der Waals surface area contributed by atoms with Crippen LogP contribution in [0.4, 0.5) is 5.95 Å². The Kier molecular flexibility index (Phi) is 3.74.